The number of nitrogens with one attached hydrogen (secondary N) is 1. The van der Waals surface area contributed by atoms with Crippen LogP contribution in [0.3, 0.4) is 0 Å². The Hall–Kier alpha value is -2.31. The molecule has 0 saturated heterocycles. The van der Waals surface area contributed by atoms with Crippen LogP contribution in [0.15, 0.2) is 53.6 Å². The van der Waals surface area contributed by atoms with Crippen molar-refractivity contribution in [3.8, 4) is 0 Å². The lowest BCUT2D eigenvalue weighted by Gasteiger charge is -2.16. The summed E-state index contributed by atoms with van der Waals surface area (Å²) in [5.41, 5.74) is 2.29. The molecular weight excluding hydrogens is 271 g/mol. The second-order valence-electron chi connectivity index (χ2n) is 4.09. The zero-order valence-electron chi connectivity index (χ0n) is 10.2. The smallest absolute Gasteiger partial charge is 0.445 e. The maximum atomic E-state index is 13.1. The molecule has 2 aromatic rings. The highest BCUT2D eigenvalue weighted by molar-refractivity contribution is 6.73. The third kappa shape index (κ3) is 3.60. The Balaban J connectivity index is 2.14. The predicted molar refractivity (Wildman–Crippen MR) is 72.8 cm³/mol. The van der Waals surface area contributed by atoms with Crippen LogP contribution in [-0.2, 0) is 0 Å². The molecular formula is C13H10BF4N2-. The van der Waals surface area contributed by atoms with Gasteiger partial charge in [-0.15, -0.1) is 0 Å². The average molecular weight is 281 g/mol. The van der Waals surface area contributed by atoms with E-state index in [4.69, 9.17) is 0 Å². The number of hydrazone groups is 1. The summed E-state index contributed by atoms with van der Waals surface area (Å²) in [5, 5.41) is 3.81. The van der Waals surface area contributed by atoms with E-state index >= 15 is 0 Å². The SMILES string of the molecule is Fc1ccc(C=NNc2ccccc2)cc1[B-](F)(F)F. The molecule has 0 atom stereocenters. The van der Waals surface area contributed by atoms with Crippen LogP contribution in [0.25, 0.3) is 0 Å². The van der Waals surface area contributed by atoms with E-state index in [1.165, 1.54) is 12.3 Å². The molecule has 0 aliphatic rings. The summed E-state index contributed by atoms with van der Waals surface area (Å²) in [7, 11) is 0. The molecule has 0 spiro atoms. The zero-order valence-corrected chi connectivity index (χ0v) is 10.2. The van der Waals surface area contributed by atoms with E-state index in [9.17, 15) is 17.3 Å². The molecule has 7 heteroatoms. The Labute approximate surface area is 113 Å². The normalized spacial score (nSPS) is 11.8. The molecule has 0 unspecified atom stereocenters. The number of nitrogens with zero attached hydrogens (tertiary/aromatic N) is 1. The van der Waals surface area contributed by atoms with Crippen LogP contribution in [0.2, 0.25) is 0 Å². The molecule has 0 aliphatic carbocycles. The van der Waals surface area contributed by atoms with Gasteiger partial charge in [0.2, 0.25) is 0 Å². The van der Waals surface area contributed by atoms with Crippen molar-refractivity contribution in [2.75, 3.05) is 5.43 Å². The Morgan fingerprint density at radius 3 is 2.35 bits per heavy atom. The van der Waals surface area contributed by atoms with Crippen molar-refractivity contribution in [3.05, 3.63) is 59.9 Å². The number of para-hydroxylation sites is 1. The lowest BCUT2D eigenvalue weighted by molar-refractivity contribution is 0.494. The summed E-state index contributed by atoms with van der Waals surface area (Å²) in [6.07, 6.45) is 1.21. The van der Waals surface area contributed by atoms with Gasteiger partial charge in [-0.2, -0.15) is 5.10 Å². The molecule has 0 aromatic heterocycles. The molecule has 2 nitrogen and oxygen atoms in total. The first-order valence-electron chi connectivity index (χ1n) is 5.80. The molecule has 0 amide bonds. The van der Waals surface area contributed by atoms with Crippen LogP contribution < -0.4 is 10.9 Å². The van der Waals surface area contributed by atoms with E-state index in [1.54, 1.807) is 24.3 Å². The van der Waals surface area contributed by atoms with Crippen molar-refractivity contribution in [1.29, 1.82) is 0 Å². The Bertz CT molecular complexity index is 612. The highest BCUT2D eigenvalue weighted by atomic mass is 19.4. The molecule has 2 aromatic carbocycles. The fraction of sp³-hybridized carbons (Fsp3) is 0. The molecule has 0 heterocycles. The number of halogens is 4. The lowest BCUT2D eigenvalue weighted by Crippen LogP contribution is -2.37. The highest BCUT2D eigenvalue weighted by Gasteiger charge is 2.28. The largest absolute Gasteiger partial charge is 0.512 e. The quantitative estimate of drug-likeness (QED) is 0.395. The van der Waals surface area contributed by atoms with E-state index in [2.05, 4.69) is 10.5 Å². The zero-order chi connectivity index (χ0) is 14.6. The fourth-order valence-electron chi connectivity index (χ4n) is 1.59. The summed E-state index contributed by atoms with van der Waals surface area (Å²) >= 11 is 0. The first-order chi connectivity index (χ1) is 9.47. The van der Waals surface area contributed by atoms with E-state index in [-0.39, 0.29) is 5.56 Å². The van der Waals surface area contributed by atoms with Crippen molar-refractivity contribution >= 4 is 24.3 Å². The third-order valence-corrected chi connectivity index (χ3v) is 2.55. The second-order valence-corrected chi connectivity index (χ2v) is 4.09. The minimum atomic E-state index is -5.37. The molecule has 0 fully saturated rings. The minimum absolute atomic E-state index is 0.170. The van der Waals surface area contributed by atoms with Gasteiger partial charge in [-0.25, -0.2) is 4.39 Å². The van der Waals surface area contributed by atoms with Crippen LogP contribution in [0.4, 0.5) is 23.0 Å². The molecule has 104 valence electrons. The number of anilines is 1. The standard InChI is InChI=1S/C13H10BF4N2/c15-13-7-6-10(8-12(13)14(16,17)18)9-19-20-11-4-2-1-3-5-11/h1-9,20H/q-1. The number of hydrogen-bond acceptors (Lipinski definition) is 2. The van der Waals surface area contributed by atoms with Gasteiger partial charge in [-0.3, -0.25) is 5.43 Å². The van der Waals surface area contributed by atoms with Crippen LogP contribution in [-0.4, -0.2) is 13.2 Å². The third-order valence-electron chi connectivity index (χ3n) is 2.55. The number of hydrogen-bond donors (Lipinski definition) is 1. The summed E-state index contributed by atoms with van der Waals surface area (Å²) in [6.45, 7) is -5.37. The van der Waals surface area contributed by atoms with Crippen LogP contribution in [0.1, 0.15) is 5.56 Å². The maximum Gasteiger partial charge on any atom is 0.512 e. The monoisotopic (exact) mass is 281 g/mol. The van der Waals surface area contributed by atoms with E-state index in [0.29, 0.717) is 5.69 Å². The highest BCUT2D eigenvalue weighted by Crippen LogP contribution is 2.12. The van der Waals surface area contributed by atoms with Gasteiger partial charge in [-0.1, -0.05) is 35.8 Å². The molecule has 2 rings (SSSR count). The van der Waals surface area contributed by atoms with Crippen molar-refractivity contribution in [2.45, 2.75) is 0 Å². The molecule has 1 N–H and O–H groups in total. The van der Waals surface area contributed by atoms with Gasteiger partial charge in [-0.05, 0) is 23.8 Å². The summed E-state index contributed by atoms with van der Waals surface area (Å²) in [6, 6.07) is 11.7. The van der Waals surface area contributed by atoms with Crippen molar-refractivity contribution in [1.82, 2.24) is 0 Å². The molecule has 0 radical (unpaired) electrons. The van der Waals surface area contributed by atoms with Gasteiger partial charge < -0.3 is 12.9 Å². The van der Waals surface area contributed by atoms with Crippen LogP contribution in [0.5, 0.6) is 0 Å². The predicted octanol–water partition coefficient (Wildman–Crippen LogP) is 3.33. The maximum absolute atomic E-state index is 13.1. The molecule has 0 bridgehead atoms. The topological polar surface area (TPSA) is 24.4 Å². The van der Waals surface area contributed by atoms with Gasteiger partial charge in [0.25, 0.3) is 0 Å². The van der Waals surface area contributed by atoms with Crippen molar-refractivity contribution in [3.63, 3.8) is 0 Å². The average Bonchev–Trinajstić information content (AvgIpc) is 2.40. The first-order valence-corrected chi connectivity index (χ1v) is 5.80. The van der Waals surface area contributed by atoms with Crippen molar-refractivity contribution in [2.24, 2.45) is 5.10 Å². The summed E-state index contributed by atoms with van der Waals surface area (Å²) in [5.74, 6) is -1.27. The molecule has 20 heavy (non-hydrogen) atoms. The molecule has 0 aliphatic heterocycles. The lowest BCUT2D eigenvalue weighted by atomic mass is 9.79. The van der Waals surface area contributed by atoms with Gasteiger partial charge in [0.05, 0.1) is 17.7 Å². The number of benzene rings is 2. The second kappa shape index (κ2) is 5.77. The van der Waals surface area contributed by atoms with Gasteiger partial charge >= 0.3 is 6.98 Å². The van der Waals surface area contributed by atoms with Crippen LogP contribution in [0, 0.1) is 5.82 Å². The Morgan fingerprint density at radius 2 is 1.70 bits per heavy atom. The van der Waals surface area contributed by atoms with Gasteiger partial charge in [0, 0.05) is 0 Å². The van der Waals surface area contributed by atoms with Crippen molar-refractivity contribution < 1.29 is 17.3 Å². The van der Waals surface area contributed by atoms with Gasteiger partial charge in [0.1, 0.15) is 0 Å². The summed E-state index contributed by atoms with van der Waals surface area (Å²) < 4.78 is 50.8. The fourth-order valence-corrected chi connectivity index (χ4v) is 1.59. The molecule has 0 saturated carbocycles. The van der Waals surface area contributed by atoms with E-state index in [1.807, 2.05) is 6.07 Å². The van der Waals surface area contributed by atoms with E-state index in [0.717, 1.165) is 12.1 Å². The number of rotatable bonds is 4. The van der Waals surface area contributed by atoms with Crippen LogP contribution >= 0.6 is 0 Å². The Kier molecular flexibility index (Phi) is 4.07. The minimum Gasteiger partial charge on any atom is -0.445 e. The first kappa shape index (κ1) is 14.1. The Morgan fingerprint density at radius 1 is 1.00 bits per heavy atom. The van der Waals surface area contributed by atoms with Gasteiger partial charge in [0.15, 0.2) is 0 Å². The summed E-state index contributed by atoms with van der Waals surface area (Å²) in [4.78, 5) is 0. The van der Waals surface area contributed by atoms with E-state index < -0.39 is 18.3 Å².